The number of nitrogens with zero attached hydrogens (tertiary/aromatic N) is 4. The third-order valence-corrected chi connectivity index (χ3v) is 6.25. The second kappa shape index (κ2) is 9.61. The quantitative estimate of drug-likeness (QED) is 0.735. The maximum Gasteiger partial charge on any atom is 0.273 e. The average Bonchev–Trinajstić information content (AvgIpc) is 3.23. The Hall–Kier alpha value is -1.51. The molecule has 0 aliphatic carbocycles. The van der Waals surface area contributed by atoms with Crippen molar-refractivity contribution < 1.29 is 14.3 Å². The molecular formula is C19H30N4O3S. The molecule has 2 saturated heterocycles. The number of likely N-dealkylation sites (tertiary alicyclic amines) is 1. The minimum absolute atomic E-state index is 0.0304. The molecule has 2 amide bonds. The fourth-order valence-corrected chi connectivity index (χ4v) is 4.60. The lowest BCUT2D eigenvalue weighted by Crippen LogP contribution is -2.55. The molecule has 2 aliphatic heterocycles. The zero-order chi connectivity index (χ0) is 19.2. The molecule has 0 N–H and O–H groups in total. The highest BCUT2D eigenvalue weighted by Crippen LogP contribution is 2.23. The van der Waals surface area contributed by atoms with Gasteiger partial charge in [0.25, 0.3) is 5.91 Å². The normalized spacial score (nSPS) is 21.4. The van der Waals surface area contributed by atoms with E-state index in [1.807, 2.05) is 11.9 Å². The number of thiazole rings is 1. The fourth-order valence-electron chi connectivity index (χ4n) is 4.07. The van der Waals surface area contributed by atoms with Gasteiger partial charge in [-0.1, -0.05) is 0 Å². The summed E-state index contributed by atoms with van der Waals surface area (Å²) in [6.07, 6.45) is 4.17. The van der Waals surface area contributed by atoms with E-state index in [0.717, 1.165) is 58.5 Å². The molecule has 2 aliphatic rings. The number of aromatic nitrogens is 1. The van der Waals surface area contributed by atoms with Crippen LogP contribution in [0.15, 0.2) is 10.9 Å². The Labute approximate surface area is 165 Å². The number of carbonyl (C=O) groups excluding carboxylic acids is 2. The Morgan fingerprint density at radius 3 is 2.70 bits per heavy atom. The first-order valence-electron chi connectivity index (χ1n) is 9.79. The van der Waals surface area contributed by atoms with Crippen LogP contribution in [0.1, 0.15) is 43.1 Å². The zero-order valence-electron chi connectivity index (χ0n) is 16.3. The van der Waals surface area contributed by atoms with Crippen molar-refractivity contribution in [1.29, 1.82) is 0 Å². The summed E-state index contributed by atoms with van der Waals surface area (Å²) in [4.78, 5) is 34.7. The van der Waals surface area contributed by atoms with E-state index in [-0.39, 0.29) is 11.8 Å². The molecule has 0 spiro atoms. The number of piperidine rings is 1. The van der Waals surface area contributed by atoms with Crippen molar-refractivity contribution in [3.63, 3.8) is 0 Å². The van der Waals surface area contributed by atoms with Gasteiger partial charge in [0.15, 0.2) is 0 Å². The molecule has 150 valence electrons. The minimum Gasteiger partial charge on any atom is -0.381 e. The molecule has 3 rings (SSSR count). The molecule has 0 saturated carbocycles. The monoisotopic (exact) mass is 394 g/mol. The van der Waals surface area contributed by atoms with E-state index >= 15 is 0 Å². The molecule has 0 aromatic carbocycles. The van der Waals surface area contributed by atoms with Gasteiger partial charge in [-0.05, 0) is 25.7 Å². The summed E-state index contributed by atoms with van der Waals surface area (Å²) in [6, 6.07) is 0.812. The lowest BCUT2D eigenvalue weighted by molar-refractivity contribution is -0.131. The highest BCUT2D eigenvalue weighted by molar-refractivity contribution is 7.07. The van der Waals surface area contributed by atoms with Gasteiger partial charge in [-0.15, -0.1) is 11.3 Å². The number of rotatable bonds is 6. The lowest BCUT2D eigenvalue weighted by Gasteiger charge is -2.44. The number of hydrogen-bond donors (Lipinski definition) is 0. The SMILES string of the molecule is CC(=O)N1CCCC(N(CCN(C)C(=O)c2cscn2)C2CCOCC2)C1. The highest BCUT2D eigenvalue weighted by atomic mass is 32.1. The van der Waals surface area contributed by atoms with Gasteiger partial charge in [0.2, 0.25) is 5.91 Å². The summed E-state index contributed by atoms with van der Waals surface area (Å²) < 4.78 is 5.55. The van der Waals surface area contributed by atoms with Crippen LogP contribution in [0.3, 0.4) is 0 Å². The van der Waals surface area contributed by atoms with Gasteiger partial charge in [-0.3, -0.25) is 14.5 Å². The van der Waals surface area contributed by atoms with Crippen molar-refractivity contribution in [2.24, 2.45) is 0 Å². The number of ether oxygens (including phenoxy) is 1. The van der Waals surface area contributed by atoms with Gasteiger partial charge in [0.05, 0.1) is 5.51 Å². The summed E-state index contributed by atoms with van der Waals surface area (Å²) in [5, 5.41) is 1.79. The lowest BCUT2D eigenvalue weighted by atomic mass is 9.98. The van der Waals surface area contributed by atoms with Crippen LogP contribution in [0.2, 0.25) is 0 Å². The third-order valence-electron chi connectivity index (χ3n) is 5.66. The summed E-state index contributed by atoms with van der Waals surface area (Å²) in [5.41, 5.74) is 2.20. The van der Waals surface area contributed by atoms with Crippen LogP contribution >= 0.6 is 11.3 Å². The van der Waals surface area contributed by atoms with Crippen molar-refractivity contribution >= 4 is 23.2 Å². The van der Waals surface area contributed by atoms with Crippen LogP contribution in [0.5, 0.6) is 0 Å². The van der Waals surface area contributed by atoms with Gasteiger partial charge in [-0.2, -0.15) is 0 Å². The second-order valence-corrected chi connectivity index (χ2v) is 8.16. The smallest absolute Gasteiger partial charge is 0.273 e. The van der Waals surface area contributed by atoms with Crippen LogP contribution in [-0.2, 0) is 9.53 Å². The highest BCUT2D eigenvalue weighted by Gasteiger charge is 2.32. The molecule has 7 nitrogen and oxygen atoms in total. The molecule has 3 heterocycles. The van der Waals surface area contributed by atoms with Crippen molar-refractivity contribution in [1.82, 2.24) is 19.7 Å². The Morgan fingerprint density at radius 1 is 1.26 bits per heavy atom. The summed E-state index contributed by atoms with van der Waals surface area (Å²) in [6.45, 7) is 6.35. The molecule has 27 heavy (non-hydrogen) atoms. The first-order chi connectivity index (χ1) is 13.1. The van der Waals surface area contributed by atoms with Crippen molar-refractivity contribution in [2.45, 2.75) is 44.7 Å². The Morgan fingerprint density at radius 2 is 2.04 bits per heavy atom. The van der Waals surface area contributed by atoms with Crippen LogP contribution in [0, 0.1) is 0 Å². The molecule has 1 atom stereocenters. The molecular weight excluding hydrogens is 364 g/mol. The molecule has 0 bridgehead atoms. The van der Waals surface area contributed by atoms with Crippen molar-refractivity contribution in [3.8, 4) is 0 Å². The van der Waals surface area contributed by atoms with E-state index in [1.165, 1.54) is 11.3 Å². The molecule has 8 heteroatoms. The van der Waals surface area contributed by atoms with Gasteiger partial charge in [-0.25, -0.2) is 4.98 Å². The van der Waals surface area contributed by atoms with E-state index in [1.54, 1.807) is 22.7 Å². The van der Waals surface area contributed by atoms with Gasteiger partial charge in [0, 0.05) is 70.8 Å². The molecule has 0 radical (unpaired) electrons. The Bertz CT molecular complexity index is 618. The number of carbonyl (C=O) groups is 2. The van der Waals surface area contributed by atoms with Crippen molar-refractivity contribution in [2.75, 3.05) is 46.4 Å². The summed E-state index contributed by atoms with van der Waals surface area (Å²) >= 11 is 1.44. The second-order valence-electron chi connectivity index (χ2n) is 7.44. The maximum atomic E-state index is 12.5. The number of amides is 2. The van der Waals surface area contributed by atoms with Crippen LogP contribution in [0.25, 0.3) is 0 Å². The van der Waals surface area contributed by atoms with E-state index < -0.39 is 0 Å². The van der Waals surface area contributed by atoms with E-state index in [0.29, 0.717) is 24.3 Å². The van der Waals surface area contributed by atoms with Crippen LogP contribution in [-0.4, -0.2) is 90.0 Å². The molecule has 1 aromatic rings. The third kappa shape index (κ3) is 5.27. The first-order valence-corrected chi connectivity index (χ1v) is 10.7. The molecule has 2 fully saturated rings. The minimum atomic E-state index is -0.0304. The largest absolute Gasteiger partial charge is 0.381 e. The first kappa shape index (κ1) is 20.2. The topological polar surface area (TPSA) is 66.0 Å². The molecule has 1 aromatic heterocycles. The Balaban J connectivity index is 1.64. The number of likely N-dealkylation sites (N-methyl/N-ethyl adjacent to an activating group) is 1. The van der Waals surface area contributed by atoms with Gasteiger partial charge >= 0.3 is 0 Å². The van der Waals surface area contributed by atoms with E-state index in [9.17, 15) is 9.59 Å². The van der Waals surface area contributed by atoms with Gasteiger partial charge in [0.1, 0.15) is 5.69 Å². The van der Waals surface area contributed by atoms with Gasteiger partial charge < -0.3 is 14.5 Å². The molecule has 1 unspecified atom stereocenters. The predicted octanol–water partition coefficient (Wildman–Crippen LogP) is 1.71. The van der Waals surface area contributed by atoms with E-state index in [4.69, 9.17) is 4.74 Å². The van der Waals surface area contributed by atoms with Crippen LogP contribution in [0.4, 0.5) is 0 Å². The van der Waals surface area contributed by atoms with Crippen molar-refractivity contribution in [3.05, 3.63) is 16.6 Å². The maximum absolute atomic E-state index is 12.5. The average molecular weight is 395 g/mol. The Kier molecular flexibility index (Phi) is 7.20. The predicted molar refractivity (Wildman–Crippen MR) is 105 cm³/mol. The fraction of sp³-hybridized carbons (Fsp3) is 0.737. The van der Waals surface area contributed by atoms with E-state index in [2.05, 4.69) is 9.88 Å². The zero-order valence-corrected chi connectivity index (χ0v) is 17.1. The summed E-state index contributed by atoms with van der Waals surface area (Å²) in [5.74, 6) is 0.125. The summed E-state index contributed by atoms with van der Waals surface area (Å²) in [7, 11) is 1.84. The standard InChI is InChI=1S/C19H30N4O3S/c1-15(24)22-7-3-4-17(12-22)23(16-5-10-26-11-6-16)9-8-21(2)19(25)18-13-27-14-20-18/h13-14,16-17H,3-12H2,1-2H3. The number of hydrogen-bond acceptors (Lipinski definition) is 6. The van der Waals surface area contributed by atoms with Crippen LogP contribution < -0.4 is 0 Å².